The molecule has 0 aliphatic heterocycles. The molecule has 5 nitrogen and oxygen atoms in total. The van der Waals surface area contributed by atoms with E-state index in [1.165, 1.54) is 6.07 Å². The Balaban J connectivity index is 2.19. The van der Waals surface area contributed by atoms with Gasteiger partial charge in [-0.05, 0) is 24.4 Å². The maximum absolute atomic E-state index is 10.8. The monoisotopic (exact) mass is 249 g/mol. The van der Waals surface area contributed by atoms with Crippen molar-refractivity contribution in [2.75, 3.05) is 5.32 Å². The summed E-state index contributed by atoms with van der Waals surface area (Å²) in [5.41, 5.74) is 0.761. The molecule has 2 heterocycles. The van der Waals surface area contributed by atoms with E-state index >= 15 is 0 Å². The molecule has 0 spiro atoms. The largest absolute Gasteiger partial charge is 0.359 e. The van der Waals surface area contributed by atoms with Crippen LogP contribution < -0.4 is 5.32 Å². The lowest BCUT2D eigenvalue weighted by atomic mass is 10.3. The number of aromatic nitrogens is 1. The van der Waals surface area contributed by atoms with Crippen molar-refractivity contribution in [1.29, 1.82) is 0 Å². The van der Waals surface area contributed by atoms with Gasteiger partial charge in [-0.15, -0.1) is 11.3 Å². The topological polar surface area (TPSA) is 68.1 Å². The van der Waals surface area contributed by atoms with Crippen LogP contribution in [0.2, 0.25) is 0 Å². The van der Waals surface area contributed by atoms with E-state index in [-0.39, 0.29) is 5.69 Å². The molecule has 0 aromatic carbocycles. The normalized spacial score (nSPS) is 10.2. The second-order valence-corrected chi connectivity index (χ2v) is 4.54. The molecule has 1 N–H and O–H groups in total. The molecule has 2 aromatic rings. The first-order valence-corrected chi connectivity index (χ1v) is 5.93. The Hall–Kier alpha value is -1.95. The van der Waals surface area contributed by atoms with Gasteiger partial charge in [0.15, 0.2) is 0 Å². The first-order chi connectivity index (χ1) is 8.16. The minimum Gasteiger partial charge on any atom is -0.359 e. The Kier molecular flexibility index (Phi) is 3.34. The van der Waals surface area contributed by atoms with E-state index in [4.69, 9.17) is 0 Å². The van der Waals surface area contributed by atoms with Crippen LogP contribution in [0.15, 0.2) is 29.6 Å². The fraction of sp³-hybridized carbons (Fsp3) is 0.182. The second kappa shape index (κ2) is 4.92. The smallest absolute Gasteiger partial charge is 0.311 e. The first kappa shape index (κ1) is 11.5. The summed E-state index contributed by atoms with van der Waals surface area (Å²) in [6.45, 7) is 2.36. The van der Waals surface area contributed by atoms with Gasteiger partial charge in [-0.25, -0.2) is 4.98 Å². The summed E-state index contributed by atoms with van der Waals surface area (Å²) >= 11 is 1.60. The van der Waals surface area contributed by atoms with Gasteiger partial charge in [0.25, 0.3) is 0 Å². The summed E-state index contributed by atoms with van der Waals surface area (Å²) in [7, 11) is 0. The van der Waals surface area contributed by atoms with Gasteiger partial charge in [0, 0.05) is 16.6 Å². The molecule has 0 aliphatic rings. The van der Waals surface area contributed by atoms with Crippen molar-refractivity contribution in [2.24, 2.45) is 0 Å². The number of rotatable bonds is 4. The van der Waals surface area contributed by atoms with Gasteiger partial charge in [-0.1, -0.05) is 6.07 Å². The molecule has 0 radical (unpaired) electrons. The van der Waals surface area contributed by atoms with Crippen molar-refractivity contribution in [1.82, 2.24) is 4.98 Å². The fourth-order valence-electron chi connectivity index (χ4n) is 1.41. The highest BCUT2D eigenvalue weighted by Gasteiger charge is 2.14. The molecule has 17 heavy (non-hydrogen) atoms. The Bertz CT molecular complexity index is 526. The van der Waals surface area contributed by atoms with Gasteiger partial charge in [-0.3, -0.25) is 10.1 Å². The standard InChI is InChI=1S/C11H11N3O2S/c1-8-4-5-10(14(15)16)11(13-8)12-7-9-3-2-6-17-9/h2-6H,7H2,1H3,(H,12,13). The summed E-state index contributed by atoms with van der Waals surface area (Å²) in [6.07, 6.45) is 0. The average Bonchev–Trinajstić information content (AvgIpc) is 2.78. The molecule has 0 aliphatic carbocycles. The lowest BCUT2D eigenvalue weighted by Gasteiger charge is -2.05. The third-order valence-corrected chi connectivity index (χ3v) is 3.10. The molecule has 0 bridgehead atoms. The minimum absolute atomic E-state index is 0.00663. The lowest BCUT2D eigenvalue weighted by molar-refractivity contribution is -0.384. The van der Waals surface area contributed by atoms with Crippen molar-refractivity contribution in [3.05, 3.63) is 50.3 Å². The van der Waals surface area contributed by atoms with Gasteiger partial charge in [0.2, 0.25) is 5.82 Å². The average molecular weight is 249 g/mol. The van der Waals surface area contributed by atoms with Crippen molar-refractivity contribution in [3.8, 4) is 0 Å². The maximum atomic E-state index is 10.8. The molecular weight excluding hydrogens is 238 g/mol. The van der Waals surface area contributed by atoms with E-state index in [1.807, 2.05) is 17.5 Å². The van der Waals surface area contributed by atoms with Crippen molar-refractivity contribution < 1.29 is 4.92 Å². The molecule has 0 atom stereocenters. The number of nitrogens with one attached hydrogen (secondary N) is 1. The van der Waals surface area contributed by atoms with E-state index in [9.17, 15) is 10.1 Å². The van der Waals surface area contributed by atoms with Crippen molar-refractivity contribution in [2.45, 2.75) is 13.5 Å². The summed E-state index contributed by atoms with van der Waals surface area (Å²) in [6, 6.07) is 7.02. The second-order valence-electron chi connectivity index (χ2n) is 3.51. The molecular formula is C11H11N3O2S. The van der Waals surface area contributed by atoms with Gasteiger partial charge >= 0.3 is 5.69 Å². The maximum Gasteiger partial charge on any atom is 0.311 e. The van der Waals surface area contributed by atoms with Crippen LogP contribution in [0, 0.1) is 17.0 Å². The molecule has 2 rings (SSSR count). The highest BCUT2D eigenvalue weighted by Crippen LogP contribution is 2.23. The zero-order valence-corrected chi connectivity index (χ0v) is 10.0. The number of nitrogens with zero attached hydrogens (tertiary/aromatic N) is 2. The summed E-state index contributed by atoms with van der Waals surface area (Å²) in [5, 5.41) is 15.8. The zero-order chi connectivity index (χ0) is 12.3. The van der Waals surface area contributed by atoms with Crippen LogP contribution in [0.3, 0.4) is 0 Å². The van der Waals surface area contributed by atoms with Gasteiger partial charge < -0.3 is 5.32 Å². The fourth-order valence-corrected chi connectivity index (χ4v) is 2.06. The quantitative estimate of drug-likeness (QED) is 0.668. The highest BCUT2D eigenvalue weighted by atomic mass is 32.1. The third-order valence-electron chi connectivity index (χ3n) is 2.22. The van der Waals surface area contributed by atoms with Crippen molar-refractivity contribution >= 4 is 22.8 Å². The lowest BCUT2D eigenvalue weighted by Crippen LogP contribution is -2.04. The summed E-state index contributed by atoms with van der Waals surface area (Å²) < 4.78 is 0. The third kappa shape index (κ3) is 2.79. The predicted octanol–water partition coefficient (Wildman–Crippen LogP) is 2.97. The van der Waals surface area contributed by atoms with Crippen LogP contribution in [-0.2, 0) is 6.54 Å². The van der Waals surface area contributed by atoms with Gasteiger partial charge in [-0.2, -0.15) is 0 Å². The van der Waals surface area contributed by atoms with Gasteiger partial charge in [0.1, 0.15) is 0 Å². The highest BCUT2D eigenvalue weighted by molar-refractivity contribution is 7.09. The molecule has 2 aromatic heterocycles. The predicted molar refractivity (Wildman–Crippen MR) is 67.3 cm³/mol. The van der Waals surface area contributed by atoms with E-state index in [2.05, 4.69) is 10.3 Å². The molecule has 0 fully saturated rings. The molecule has 0 amide bonds. The number of hydrogen-bond donors (Lipinski definition) is 1. The Morgan fingerprint density at radius 3 is 2.94 bits per heavy atom. The number of hydrogen-bond acceptors (Lipinski definition) is 5. The van der Waals surface area contributed by atoms with E-state index in [0.29, 0.717) is 12.4 Å². The first-order valence-electron chi connectivity index (χ1n) is 5.05. The van der Waals surface area contributed by atoms with Crippen LogP contribution >= 0.6 is 11.3 Å². The van der Waals surface area contributed by atoms with E-state index in [0.717, 1.165) is 10.6 Å². The Morgan fingerprint density at radius 2 is 2.29 bits per heavy atom. The molecule has 0 saturated carbocycles. The number of anilines is 1. The summed E-state index contributed by atoms with van der Waals surface area (Å²) in [4.78, 5) is 15.7. The van der Waals surface area contributed by atoms with Gasteiger partial charge in [0.05, 0.1) is 11.5 Å². The SMILES string of the molecule is Cc1ccc([N+](=O)[O-])c(NCc2cccs2)n1. The number of aryl methyl sites for hydroxylation is 1. The van der Waals surface area contributed by atoms with E-state index < -0.39 is 4.92 Å². The Labute approximate surface area is 102 Å². The molecule has 6 heteroatoms. The van der Waals surface area contributed by atoms with Crippen LogP contribution in [0.4, 0.5) is 11.5 Å². The molecule has 0 unspecified atom stereocenters. The van der Waals surface area contributed by atoms with Crippen LogP contribution in [0.25, 0.3) is 0 Å². The number of pyridine rings is 1. The number of thiophene rings is 1. The van der Waals surface area contributed by atoms with E-state index in [1.54, 1.807) is 24.3 Å². The van der Waals surface area contributed by atoms with Crippen LogP contribution in [0.5, 0.6) is 0 Å². The molecule has 88 valence electrons. The Morgan fingerprint density at radius 1 is 1.47 bits per heavy atom. The van der Waals surface area contributed by atoms with Crippen molar-refractivity contribution in [3.63, 3.8) is 0 Å². The minimum atomic E-state index is -0.427. The van der Waals surface area contributed by atoms with Crippen LogP contribution in [0.1, 0.15) is 10.6 Å². The number of nitro groups is 1. The van der Waals surface area contributed by atoms with Crippen LogP contribution in [-0.4, -0.2) is 9.91 Å². The zero-order valence-electron chi connectivity index (χ0n) is 9.21. The molecule has 0 saturated heterocycles. The summed E-state index contributed by atoms with van der Waals surface area (Å²) in [5.74, 6) is 0.323.